The van der Waals surface area contributed by atoms with Crippen molar-refractivity contribution in [3.63, 3.8) is 0 Å². The van der Waals surface area contributed by atoms with Gasteiger partial charge >= 0.3 is 11.7 Å². The van der Waals surface area contributed by atoms with Crippen LogP contribution in [0.4, 0.5) is 16.2 Å². The highest BCUT2D eigenvalue weighted by Crippen LogP contribution is 2.25. The van der Waals surface area contributed by atoms with Crippen LogP contribution in [-0.4, -0.2) is 24.0 Å². The molecule has 10 nitrogen and oxygen atoms in total. The van der Waals surface area contributed by atoms with E-state index in [1.807, 2.05) is 23.8 Å². The third-order valence-corrected chi connectivity index (χ3v) is 9.64. The lowest BCUT2D eigenvalue weighted by atomic mass is 10.2. The van der Waals surface area contributed by atoms with Crippen molar-refractivity contribution >= 4 is 72.6 Å². The molecule has 2 amide bonds. The summed E-state index contributed by atoms with van der Waals surface area (Å²) < 4.78 is 27.6. The number of nitrogens with one attached hydrogen (secondary N) is 4. The second-order valence-corrected chi connectivity index (χ2v) is 13.4. The zero-order valence-corrected chi connectivity index (χ0v) is 23.4. The smallest absolute Gasteiger partial charge is 0.333 e. The van der Waals surface area contributed by atoms with Crippen molar-refractivity contribution in [1.29, 1.82) is 0 Å². The first-order valence-electron chi connectivity index (χ1n) is 11.4. The highest BCUT2D eigenvalue weighted by atomic mass is 35.5. The molecule has 200 valence electrons. The van der Waals surface area contributed by atoms with Crippen LogP contribution in [0, 0.1) is 6.92 Å². The van der Waals surface area contributed by atoms with Gasteiger partial charge in [0, 0.05) is 27.7 Å². The summed E-state index contributed by atoms with van der Waals surface area (Å²) in [7, 11) is -4.08. The number of aromatic amines is 1. The Morgan fingerprint density at radius 3 is 2.38 bits per heavy atom. The van der Waals surface area contributed by atoms with Gasteiger partial charge in [-0.25, -0.2) is 27.3 Å². The van der Waals surface area contributed by atoms with Crippen molar-refractivity contribution in [2.45, 2.75) is 17.7 Å². The lowest BCUT2D eigenvalue weighted by Gasteiger charge is -2.10. The number of hydrogen-bond donors (Lipinski definition) is 4. The number of rotatable bonds is 7. The van der Waals surface area contributed by atoms with E-state index in [0.717, 1.165) is 21.6 Å². The lowest BCUT2D eigenvalue weighted by molar-refractivity contribution is 0.256. The maximum Gasteiger partial charge on any atom is 0.333 e. The van der Waals surface area contributed by atoms with Gasteiger partial charge in [0.05, 0.1) is 20.9 Å². The molecule has 14 heteroatoms. The SMILES string of the molecule is Cc1ccc(CNc2ccc3c(=O)n(-c4ccc(NC(=O)NS(=O)(=O)c5ccc(Cl)s5)cc4)c(=O)[nH]c3c2)s1. The van der Waals surface area contributed by atoms with Gasteiger partial charge in [-0.1, -0.05) is 11.6 Å². The van der Waals surface area contributed by atoms with Crippen molar-refractivity contribution < 1.29 is 13.2 Å². The molecule has 2 aromatic carbocycles. The summed E-state index contributed by atoms with van der Waals surface area (Å²) in [6.07, 6.45) is 0. The van der Waals surface area contributed by atoms with Gasteiger partial charge in [-0.3, -0.25) is 4.79 Å². The van der Waals surface area contributed by atoms with Crippen molar-refractivity contribution in [1.82, 2.24) is 14.3 Å². The van der Waals surface area contributed by atoms with Crippen molar-refractivity contribution in [2.24, 2.45) is 0 Å². The lowest BCUT2D eigenvalue weighted by Crippen LogP contribution is -2.34. The zero-order chi connectivity index (χ0) is 27.7. The quantitative estimate of drug-likeness (QED) is 0.209. The van der Waals surface area contributed by atoms with E-state index < -0.39 is 27.3 Å². The molecule has 0 saturated carbocycles. The number of benzene rings is 2. The molecule has 0 bridgehead atoms. The summed E-state index contributed by atoms with van der Waals surface area (Å²) in [5.41, 5.74) is 0.546. The normalized spacial score (nSPS) is 11.4. The van der Waals surface area contributed by atoms with Crippen LogP contribution >= 0.6 is 34.3 Å². The highest BCUT2D eigenvalue weighted by molar-refractivity contribution is 7.92. The molecule has 0 aliphatic carbocycles. The second kappa shape index (κ2) is 10.7. The average Bonchev–Trinajstić information content (AvgIpc) is 3.51. The topological polar surface area (TPSA) is 142 Å². The molecule has 5 rings (SSSR count). The van der Waals surface area contributed by atoms with Gasteiger partial charge in [0.1, 0.15) is 4.21 Å². The summed E-state index contributed by atoms with van der Waals surface area (Å²) in [5.74, 6) is 0. The Morgan fingerprint density at radius 2 is 1.72 bits per heavy atom. The Morgan fingerprint density at radius 1 is 0.974 bits per heavy atom. The second-order valence-electron chi connectivity index (χ2n) is 8.36. The Bertz CT molecular complexity index is 1920. The minimum atomic E-state index is -4.08. The minimum absolute atomic E-state index is 0.103. The van der Waals surface area contributed by atoms with Gasteiger partial charge in [0.2, 0.25) is 0 Å². The van der Waals surface area contributed by atoms with Gasteiger partial charge in [-0.15, -0.1) is 22.7 Å². The molecule has 0 unspecified atom stereocenters. The van der Waals surface area contributed by atoms with E-state index in [0.29, 0.717) is 17.4 Å². The van der Waals surface area contributed by atoms with Gasteiger partial charge in [0.25, 0.3) is 15.6 Å². The van der Waals surface area contributed by atoms with Crippen LogP contribution in [0.5, 0.6) is 0 Å². The molecular formula is C25H20ClN5O5S3. The summed E-state index contributed by atoms with van der Waals surface area (Å²) in [6, 6.07) is 16.8. The van der Waals surface area contributed by atoms with E-state index in [2.05, 4.69) is 15.6 Å². The number of sulfonamides is 1. The Balaban J connectivity index is 1.32. The fraction of sp³-hybridized carbons (Fsp3) is 0.0800. The maximum atomic E-state index is 13.2. The van der Waals surface area contributed by atoms with Crippen LogP contribution in [0.1, 0.15) is 9.75 Å². The number of fused-ring (bicyclic) bond motifs is 1. The molecule has 0 saturated heterocycles. The van der Waals surface area contributed by atoms with Crippen LogP contribution in [0.2, 0.25) is 4.34 Å². The molecule has 4 N–H and O–H groups in total. The van der Waals surface area contributed by atoms with E-state index in [-0.39, 0.29) is 19.9 Å². The monoisotopic (exact) mass is 601 g/mol. The number of H-pyrrole nitrogens is 1. The summed E-state index contributed by atoms with van der Waals surface area (Å²) >= 11 is 8.27. The number of halogens is 1. The van der Waals surface area contributed by atoms with E-state index in [4.69, 9.17) is 11.6 Å². The number of urea groups is 1. The first-order chi connectivity index (χ1) is 18.6. The highest BCUT2D eigenvalue weighted by Gasteiger charge is 2.20. The molecular weight excluding hydrogens is 582 g/mol. The van der Waals surface area contributed by atoms with E-state index >= 15 is 0 Å². The molecule has 39 heavy (non-hydrogen) atoms. The molecule has 0 aliphatic rings. The third-order valence-electron chi connectivity index (χ3n) is 5.58. The predicted octanol–water partition coefficient (Wildman–Crippen LogP) is 4.89. The largest absolute Gasteiger partial charge is 0.380 e. The first kappa shape index (κ1) is 26.7. The standard InChI is InChI=1S/C25H20ClN5O5S3/c1-14-2-8-18(37-14)13-27-16-5-9-19-20(12-16)29-25(34)31(23(19)32)17-6-3-15(4-7-17)28-24(33)30-39(35,36)22-11-10-21(26)38-22/h2-12,27H,13H2,1H3,(H,29,34)(H2,28,30,33). The number of carbonyl (C=O) groups is 1. The van der Waals surface area contributed by atoms with Crippen LogP contribution in [-0.2, 0) is 16.6 Å². The van der Waals surface area contributed by atoms with Crippen LogP contribution in [0.25, 0.3) is 16.6 Å². The molecule has 0 fully saturated rings. The summed E-state index contributed by atoms with van der Waals surface area (Å²) in [5, 5.41) is 6.03. The number of nitrogens with zero attached hydrogens (tertiary/aromatic N) is 1. The van der Waals surface area contributed by atoms with E-state index in [1.54, 1.807) is 29.5 Å². The zero-order valence-electron chi connectivity index (χ0n) is 20.1. The molecule has 0 radical (unpaired) electrons. The number of carbonyl (C=O) groups excluding carboxylic acids is 1. The molecule has 5 aromatic rings. The van der Waals surface area contributed by atoms with Gasteiger partial charge in [0.15, 0.2) is 0 Å². The number of thiophene rings is 2. The molecule has 0 atom stereocenters. The number of anilines is 2. The number of amides is 2. The molecule has 0 aliphatic heterocycles. The first-order valence-corrected chi connectivity index (χ1v) is 14.9. The van der Waals surface area contributed by atoms with Crippen molar-refractivity contribution in [3.8, 4) is 5.69 Å². The van der Waals surface area contributed by atoms with Gasteiger partial charge in [-0.05, 0) is 73.7 Å². The van der Waals surface area contributed by atoms with Crippen molar-refractivity contribution in [2.75, 3.05) is 10.6 Å². The number of aromatic nitrogens is 2. The predicted molar refractivity (Wildman–Crippen MR) is 155 cm³/mol. The van der Waals surface area contributed by atoms with Crippen LogP contribution < -0.4 is 26.6 Å². The van der Waals surface area contributed by atoms with Gasteiger partial charge in [-0.2, -0.15) is 0 Å². The third kappa shape index (κ3) is 5.91. The van der Waals surface area contributed by atoms with Gasteiger partial charge < -0.3 is 15.6 Å². The fourth-order valence-electron chi connectivity index (χ4n) is 3.80. The Hall–Kier alpha value is -3.91. The molecule has 3 heterocycles. The van der Waals surface area contributed by atoms with E-state index in [9.17, 15) is 22.8 Å². The average molecular weight is 602 g/mol. The van der Waals surface area contributed by atoms with Crippen LogP contribution in [0.15, 0.2) is 80.5 Å². The fourth-order valence-corrected chi connectivity index (χ4v) is 7.02. The molecule has 3 aromatic heterocycles. The number of aryl methyl sites for hydroxylation is 1. The maximum absolute atomic E-state index is 13.2. The summed E-state index contributed by atoms with van der Waals surface area (Å²) in [4.78, 5) is 43.4. The Kier molecular flexibility index (Phi) is 7.32. The number of hydrogen-bond acceptors (Lipinski definition) is 8. The minimum Gasteiger partial charge on any atom is -0.380 e. The van der Waals surface area contributed by atoms with Crippen LogP contribution in [0.3, 0.4) is 0 Å². The Labute approximate surface area is 235 Å². The summed E-state index contributed by atoms with van der Waals surface area (Å²) in [6.45, 7) is 2.66. The molecule has 0 spiro atoms. The van der Waals surface area contributed by atoms with E-state index in [1.165, 1.54) is 46.2 Å². The van der Waals surface area contributed by atoms with Crippen molar-refractivity contribution in [3.05, 3.63) is 102 Å².